The van der Waals surface area contributed by atoms with E-state index in [0.717, 1.165) is 0 Å². The molecule has 0 N–H and O–H groups in total. The summed E-state index contributed by atoms with van der Waals surface area (Å²) in [6.07, 6.45) is -6.13. The minimum Gasteiger partial charge on any atom is -0.338 e. The van der Waals surface area contributed by atoms with Gasteiger partial charge in [-0.05, 0) is 76.0 Å². The quantitative estimate of drug-likeness (QED) is 0.152. The van der Waals surface area contributed by atoms with Gasteiger partial charge >= 0.3 is 12.4 Å². The molecule has 52 heavy (non-hydrogen) atoms. The van der Waals surface area contributed by atoms with Gasteiger partial charge in [0.1, 0.15) is 0 Å². The smallest absolute Gasteiger partial charge is 0.338 e. The van der Waals surface area contributed by atoms with Crippen LogP contribution in [0.15, 0.2) is 12.2 Å². The topological polar surface area (TPSA) is 92.3 Å². The number of alkyl halides is 6. The third-order valence-electron chi connectivity index (χ3n) is 14.3. The molecule has 16 atom stereocenters. The van der Waals surface area contributed by atoms with Crippen LogP contribution in [0.1, 0.15) is 92.9 Å². The maximum atomic E-state index is 15.2. The van der Waals surface area contributed by atoms with Crippen LogP contribution < -0.4 is 0 Å². The van der Waals surface area contributed by atoms with Crippen LogP contribution in [-0.4, -0.2) is 72.5 Å². The fourth-order valence-corrected chi connectivity index (χ4v) is 11.5. The zero-order chi connectivity index (χ0) is 37.3. The Labute approximate surface area is 299 Å². The van der Waals surface area contributed by atoms with Crippen LogP contribution in [0.2, 0.25) is 0 Å². The summed E-state index contributed by atoms with van der Waals surface area (Å²) in [4.78, 5) is 23.4. The summed E-state index contributed by atoms with van der Waals surface area (Å²) in [7, 11) is 0. The second kappa shape index (κ2) is 12.2. The molecule has 2 spiro atoms. The third-order valence-corrected chi connectivity index (χ3v) is 14.3. The highest BCUT2D eigenvalue weighted by molar-refractivity contribution is 5.14. The first-order valence-electron chi connectivity index (χ1n) is 18.8. The predicted molar refractivity (Wildman–Crippen MR) is 165 cm³/mol. The Bertz CT molecular complexity index is 1310. The highest BCUT2D eigenvalue weighted by Crippen LogP contribution is 2.66. The van der Waals surface area contributed by atoms with Crippen LogP contribution in [0.3, 0.4) is 0 Å². The monoisotopic (exact) mass is 756 g/mol. The van der Waals surface area contributed by atoms with Gasteiger partial charge in [0.2, 0.25) is 11.6 Å². The van der Waals surface area contributed by atoms with E-state index in [9.17, 15) is 0 Å². The van der Waals surface area contributed by atoms with Crippen LogP contribution >= 0.6 is 0 Å². The molecule has 0 aromatic rings. The first-order chi connectivity index (χ1) is 24.3. The Morgan fingerprint density at radius 3 is 1.29 bits per heavy atom. The van der Waals surface area contributed by atoms with Gasteiger partial charge in [-0.15, -0.1) is 0 Å². The van der Waals surface area contributed by atoms with Crippen molar-refractivity contribution in [2.75, 3.05) is 13.2 Å². The maximum absolute atomic E-state index is 15.2. The van der Waals surface area contributed by atoms with Crippen molar-refractivity contribution >= 4 is 0 Å². The molecule has 2 saturated carbocycles. The second-order valence-corrected chi connectivity index (χ2v) is 17.1. The van der Waals surface area contributed by atoms with E-state index in [0.29, 0.717) is 51.4 Å². The fraction of sp³-hybridized carbons (Fsp3) is 0.944. The van der Waals surface area contributed by atoms with E-state index in [-0.39, 0.29) is 23.7 Å². The van der Waals surface area contributed by atoms with Gasteiger partial charge in [0, 0.05) is 36.5 Å². The van der Waals surface area contributed by atoms with Crippen LogP contribution in [-0.2, 0) is 48.0 Å². The largest absolute Gasteiger partial charge is 0.443 e. The van der Waals surface area contributed by atoms with Gasteiger partial charge in [0.15, 0.2) is 23.8 Å². The van der Waals surface area contributed by atoms with Gasteiger partial charge in [-0.25, -0.2) is 19.6 Å². The average molecular weight is 757 g/mol. The Hall–Kier alpha value is -1.08. The highest BCUT2D eigenvalue weighted by atomic mass is 19.4. The van der Waals surface area contributed by atoms with Gasteiger partial charge in [-0.3, -0.25) is 0 Å². The summed E-state index contributed by atoms with van der Waals surface area (Å²) in [5.74, 6) is -12.6. The molecule has 10 aliphatic rings. The Kier molecular flexibility index (Phi) is 8.88. The lowest BCUT2D eigenvalue weighted by Gasteiger charge is -2.62. The molecule has 296 valence electrons. The predicted octanol–water partition coefficient (Wildman–Crippen LogP) is 7.86. The molecule has 0 unspecified atom stereocenters. The molecule has 8 aliphatic heterocycles. The fourth-order valence-electron chi connectivity index (χ4n) is 11.5. The zero-order valence-electron chi connectivity index (χ0n) is 30.3. The van der Waals surface area contributed by atoms with Crippen molar-refractivity contribution in [2.45, 2.75) is 152 Å². The van der Waals surface area contributed by atoms with Crippen molar-refractivity contribution in [2.24, 2.45) is 47.3 Å². The molecular weight excluding hydrogens is 706 g/mol. The van der Waals surface area contributed by atoms with E-state index in [2.05, 4.69) is 13.8 Å². The second-order valence-electron chi connectivity index (χ2n) is 17.1. The molecule has 4 bridgehead atoms. The lowest BCUT2D eigenvalue weighted by Crippen LogP contribution is -2.76. The van der Waals surface area contributed by atoms with Gasteiger partial charge in [0.25, 0.3) is 11.6 Å². The minimum atomic E-state index is -4.99. The zero-order valence-corrected chi connectivity index (χ0v) is 30.3. The molecule has 8 saturated heterocycles. The number of hydrogen-bond donors (Lipinski definition) is 0. The van der Waals surface area contributed by atoms with Crippen molar-refractivity contribution in [1.82, 2.24) is 0 Å². The molecule has 10 rings (SSSR count). The molecule has 10 nitrogen and oxygen atoms in total. The van der Waals surface area contributed by atoms with Gasteiger partial charge in [0.05, 0.1) is 13.2 Å². The van der Waals surface area contributed by atoms with Gasteiger partial charge in [-0.2, -0.15) is 26.3 Å². The van der Waals surface area contributed by atoms with E-state index in [1.807, 2.05) is 0 Å². The summed E-state index contributed by atoms with van der Waals surface area (Å²) in [5.41, 5.74) is -2.50. The van der Waals surface area contributed by atoms with Crippen LogP contribution in [0.25, 0.3) is 0 Å². The number of ether oxygens (including phenoxy) is 6. The Morgan fingerprint density at radius 1 is 0.538 bits per heavy atom. The summed E-state index contributed by atoms with van der Waals surface area (Å²) < 4.78 is 126. The summed E-state index contributed by atoms with van der Waals surface area (Å²) in [6.45, 7) is 8.93. The van der Waals surface area contributed by atoms with E-state index >= 15 is 26.3 Å². The lowest BCUT2D eigenvalue weighted by atomic mass is 9.57. The minimum absolute atomic E-state index is 0.141. The SMILES string of the molecule is C[C@@H]1CC[C@H]2[C@@H](C)[C@](OCC=CCO[C@@]3(C(F)(F)F)O[C@@H]4O[C@]5(C)CC[C@H]6[C@H](C)CC[C@@H]([C@H]3C)[C@@]46OO5)(C(F)(F)F)O[C@@H]3O[C@]4(C)CC[C@@H]1[C@]32OO4. The van der Waals surface area contributed by atoms with Crippen molar-refractivity contribution in [3.63, 3.8) is 0 Å². The summed E-state index contributed by atoms with van der Waals surface area (Å²) in [6, 6.07) is 0. The van der Waals surface area contributed by atoms with Gasteiger partial charge < -0.3 is 28.4 Å². The van der Waals surface area contributed by atoms with Crippen LogP contribution in [0, 0.1) is 47.3 Å². The van der Waals surface area contributed by atoms with Gasteiger partial charge in [-0.1, -0.05) is 39.8 Å². The Balaban J connectivity index is 1.01. The standard InChI is InChI=1S/C36H50F6O10/c1-19-9-11-25-21(3)33(35(37,38)39,47-27-31(25)23(19)13-15-29(5,45-27)49-51-31)43-17-7-8-18-44-34(36(40,41)42)22(4)26-12-10-20(2)24-14-16-30(6)46-28(48-34)32(24,26)52-50-30/h7-8,19-28H,9-18H2,1-6H3/t19-,20-,21-,22-,23+,24+,25+,26+,27+,28+,29+,30+,31-,32-,33-,34-/m1/s1. The van der Waals surface area contributed by atoms with Crippen molar-refractivity contribution in [3.05, 3.63) is 12.2 Å². The highest BCUT2D eigenvalue weighted by Gasteiger charge is 2.79. The first kappa shape index (κ1) is 37.8. The summed E-state index contributed by atoms with van der Waals surface area (Å²) >= 11 is 0. The van der Waals surface area contributed by atoms with Crippen molar-refractivity contribution in [3.8, 4) is 0 Å². The van der Waals surface area contributed by atoms with Crippen LogP contribution in [0.4, 0.5) is 26.3 Å². The molecular formula is C36H50F6O10. The van der Waals surface area contributed by atoms with Crippen LogP contribution in [0.5, 0.6) is 0 Å². The molecule has 0 radical (unpaired) electrons. The molecule has 0 aromatic carbocycles. The lowest BCUT2D eigenvalue weighted by molar-refractivity contribution is -0.598. The summed E-state index contributed by atoms with van der Waals surface area (Å²) in [5, 5.41) is 0. The normalized spacial score (nSPS) is 54.4. The number of fused-ring (bicyclic) bond motifs is 4. The van der Waals surface area contributed by atoms with E-state index < -0.39 is 96.2 Å². The molecule has 2 aliphatic carbocycles. The third kappa shape index (κ3) is 5.13. The molecule has 10 fully saturated rings. The van der Waals surface area contributed by atoms with E-state index in [1.165, 1.54) is 26.0 Å². The molecule has 16 heteroatoms. The number of hydrogen-bond acceptors (Lipinski definition) is 10. The van der Waals surface area contributed by atoms with E-state index in [4.69, 9.17) is 48.0 Å². The molecule has 0 amide bonds. The molecule has 8 heterocycles. The van der Waals surface area contributed by atoms with E-state index in [1.54, 1.807) is 13.8 Å². The van der Waals surface area contributed by atoms with Crippen molar-refractivity contribution < 1.29 is 74.3 Å². The molecule has 0 aromatic heterocycles. The number of rotatable bonds is 6. The number of halogens is 6. The maximum Gasteiger partial charge on any atom is 0.443 e. The first-order valence-corrected chi connectivity index (χ1v) is 18.8. The average Bonchev–Trinajstić information content (AvgIpc) is 3.43. The van der Waals surface area contributed by atoms with Crippen molar-refractivity contribution in [1.29, 1.82) is 0 Å². The Morgan fingerprint density at radius 2 is 0.923 bits per heavy atom.